The second-order valence-electron chi connectivity index (χ2n) is 5.79. The van der Waals surface area contributed by atoms with Crippen LogP contribution in [0, 0.1) is 0 Å². The fourth-order valence-electron chi connectivity index (χ4n) is 3.04. The van der Waals surface area contributed by atoms with Gasteiger partial charge in [0, 0.05) is 5.92 Å². The van der Waals surface area contributed by atoms with Crippen molar-refractivity contribution in [2.75, 3.05) is 0 Å². The van der Waals surface area contributed by atoms with E-state index in [0.717, 1.165) is 16.7 Å². The predicted molar refractivity (Wildman–Crippen MR) is 104 cm³/mol. The van der Waals surface area contributed by atoms with E-state index in [1.807, 2.05) is 42.5 Å². The van der Waals surface area contributed by atoms with E-state index in [1.54, 1.807) is 30.3 Å². The van der Waals surface area contributed by atoms with E-state index in [0.29, 0.717) is 17.1 Å². The van der Waals surface area contributed by atoms with E-state index in [9.17, 15) is 14.4 Å². The number of benzene rings is 3. The highest BCUT2D eigenvalue weighted by Gasteiger charge is 2.20. The molecule has 3 rings (SSSR count). The average Bonchev–Trinajstić information content (AvgIpc) is 2.72. The summed E-state index contributed by atoms with van der Waals surface area (Å²) in [6.07, 6.45) is 4.55. The van der Waals surface area contributed by atoms with Gasteiger partial charge < -0.3 is 0 Å². The molecule has 0 heterocycles. The quantitative estimate of drug-likeness (QED) is 0.357. The van der Waals surface area contributed by atoms with E-state index >= 15 is 0 Å². The van der Waals surface area contributed by atoms with Crippen LogP contribution in [0.2, 0.25) is 0 Å². The van der Waals surface area contributed by atoms with Crippen LogP contribution in [0.5, 0.6) is 0 Å². The van der Waals surface area contributed by atoms with Crippen LogP contribution in [0.4, 0.5) is 17.1 Å². The summed E-state index contributed by atoms with van der Waals surface area (Å²) in [5.41, 5.74) is 3.82. The minimum Gasteiger partial charge on any atom is -0.211 e. The zero-order chi connectivity index (χ0) is 19.8. The van der Waals surface area contributed by atoms with E-state index in [1.165, 1.54) is 18.2 Å². The van der Waals surface area contributed by atoms with Gasteiger partial charge in [-0.15, -0.1) is 0 Å². The zero-order valence-electron chi connectivity index (χ0n) is 14.6. The van der Waals surface area contributed by atoms with Gasteiger partial charge in [-0.1, -0.05) is 48.5 Å². The van der Waals surface area contributed by atoms with E-state index < -0.39 is 0 Å². The molecule has 1 unspecified atom stereocenters. The summed E-state index contributed by atoms with van der Waals surface area (Å²) in [6, 6.07) is 21.8. The Balaban J connectivity index is 2.21. The molecule has 0 saturated heterocycles. The fourth-order valence-corrected chi connectivity index (χ4v) is 3.04. The van der Waals surface area contributed by atoms with Crippen LogP contribution in [0.3, 0.4) is 0 Å². The molecule has 0 bridgehead atoms. The highest BCUT2D eigenvalue weighted by atomic mass is 16.1. The fraction of sp³-hybridized carbons (Fsp3) is 0.0455. The third kappa shape index (κ3) is 4.13. The summed E-state index contributed by atoms with van der Waals surface area (Å²) in [5.74, 6) is -0.253. The van der Waals surface area contributed by atoms with Crippen LogP contribution in [-0.4, -0.2) is 18.2 Å². The number of aliphatic imine (C=N–C) groups is 3. The Morgan fingerprint density at radius 2 is 1.18 bits per heavy atom. The van der Waals surface area contributed by atoms with Gasteiger partial charge in [-0.3, -0.25) is 0 Å². The number of hydrogen-bond donors (Lipinski definition) is 0. The monoisotopic (exact) mass is 367 g/mol. The molecule has 0 radical (unpaired) electrons. The maximum Gasteiger partial charge on any atom is 0.240 e. The maximum atomic E-state index is 11.0. The van der Waals surface area contributed by atoms with Gasteiger partial charge in [-0.25, -0.2) is 14.4 Å². The first-order valence-electron chi connectivity index (χ1n) is 8.29. The molecule has 1 atom stereocenters. The summed E-state index contributed by atoms with van der Waals surface area (Å²) in [4.78, 5) is 43.0. The average molecular weight is 367 g/mol. The molecular weight excluding hydrogens is 354 g/mol. The third-order valence-electron chi connectivity index (χ3n) is 4.20. The molecule has 6 heteroatoms. The summed E-state index contributed by atoms with van der Waals surface area (Å²) in [5, 5.41) is 0. The van der Waals surface area contributed by atoms with Gasteiger partial charge in [0.1, 0.15) is 0 Å². The largest absolute Gasteiger partial charge is 0.240 e. The van der Waals surface area contributed by atoms with Crippen molar-refractivity contribution in [2.24, 2.45) is 15.0 Å². The highest BCUT2D eigenvalue weighted by Crippen LogP contribution is 2.39. The first-order valence-corrected chi connectivity index (χ1v) is 8.29. The lowest BCUT2D eigenvalue weighted by Gasteiger charge is -2.20. The van der Waals surface area contributed by atoms with Crippen LogP contribution in [0.1, 0.15) is 22.6 Å². The van der Waals surface area contributed by atoms with Gasteiger partial charge in [0.05, 0.1) is 17.1 Å². The van der Waals surface area contributed by atoms with E-state index in [4.69, 9.17) is 0 Å². The van der Waals surface area contributed by atoms with Gasteiger partial charge >= 0.3 is 0 Å². The second kappa shape index (κ2) is 8.95. The van der Waals surface area contributed by atoms with Crippen molar-refractivity contribution in [1.29, 1.82) is 0 Å². The SMILES string of the molecule is O=C=Nc1ccc(C(c2ccccc2)c2ccc(N=C=O)cc2N=C=O)cc1. The Morgan fingerprint density at radius 1 is 0.607 bits per heavy atom. The van der Waals surface area contributed by atoms with E-state index in [2.05, 4.69) is 15.0 Å². The first-order chi connectivity index (χ1) is 13.8. The third-order valence-corrected chi connectivity index (χ3v) is 4.20. The predicted octanol–water partition coefficient (Wildman–Crippen LogP) is 4.77. The molecule has 0 N–H and O–H groups in total. The number of hydrogen-bond acceptors (Lipinski definition) is 6. The molecule has 28 heavy (non-hydrogen) atoms. The van der Waals surface area contributed by atoms with E-state index in [-0.39, 0.29) is 5.92 Å². The Kier molecular flexibility index (Phi) is 5.94. The zero-order valence-corrected chi connectivity index (χ0v) is 14.6. The highest BCUT2D eigenvalue weighted by molar-refractivity contribution is 5.66. The maximum absolute atomic E-state index is 11.0. The molecule has 134 valence electrons. The van der Waals surface area contributed by atoms with Gasteiger partial charge in [-0.05, 0) is 41.0 Å². The topological polar surface area (TPSA) is 88.3 Å². The molecule has 3 aromatic rings. The molecule has 0 saturated carbocycles. The second-order valence-corrected chi connectivity index (χ2v) is 5.79. The number of carbonyl (C=O) groups excluding carboxylic acids is 3. The minimum atomic E-state index is -0.253. The Morgan fingerprint density at radius 3 is 1.82 bits per heavy atom. The van der Waals surface area contributed by atoms with Crippen molar-refractivity contribution in [1.82, 2.24) is 0 Å². The Bertz CT molecular complexity index is 1120. The summed E-state index contributed by atoms with van der Waals surface area (Å²) >= 11 is 0. The molecule has 0 aliphatic rings. The van der Waals surface area contributed by atoms with Crippen LogP contribution >= 0.6 is 0 Å². The molecule has 3 aromatic carbocycles. The Labute approximate surface area is 160 Å². The molecule has 6 nitrogen and oxygen atoms in total. The molecule has 0 aliphatic heterocycles. The molecule has 0 amide bonds. The van der Waals surface area contributed by atoms with Gasteiger partial charge in [0.2, 0.25) is 18.2 Å². The lowest BCUT2D eigenvalue weighted by atomic mass is 9.84. The summed E-state index contributed by atoms with van der Waals surface area (Å²) < 4.78 is 0. The Hall–Kier alpha value is -4.20. The number of isocyanates is 3. The van der Waals surface area contributed by atoms with Crippen LogP contribution in [0.15, 0.2) is 87.8 Å². The summed E-state index contributed by atoms with van der Waals surface area (Å²) in [7, 11) is 0. The van der Waals surface area contributed by atoms with Crippen LogP contribution in [-0.2, 0) is 14.4 Å². The lowest BCUT2D eigenvalue weighted by molar-refractivity contribution is 0.564. The number of nitrogens with zero attached hydrogens (tertiary/aromatic N) is 3. The number of rotatable bonds is 6. The smallest absolute Gasteiger partial charge is 0.211 e. The van der Waals surface area contributed by atoms with Gasteiger partial charge in [0.25, 0.3) is 0 Å². The van der Waals surface area contributed by atoms with Crippen LogP contribution < -0.4 is 0 Å². The molecule has 0 spiro atoms. The lowest BCUT2D eigenvalue weighted by Crippen LogP contribution is -2.03. The van der Waals surface area contributed by atoms with Crippen molar-refractivity contribution >= 4 is 35.3 Å². The van der Waals surface area contributed by atoms with Crippen molar-refractivity contribution in [3.8, 4) is 0 Å². The standard InChI is InChI=1S/C22H13N3O3/c26-13-23-18-8-6-17(7-9-18)22(16-4-2-1-3-5-16)20-11-10-19(24-14-27)12-21(20)25-15-28/h1-12,22H. The molecule has 0 aromatic heterocycles. The van der Waals surface area contributed by atoms with Gasteiger partial charge in [-0.2, -0.15) is 15.0 Å². The minimum absolute atomic E-state index is 0.253. The van der Waals surface area contributed by atoms with Gasteiger partial charge in [0.15, 0.2) is 0 Å². The van der Waals surface area contributed by atoms with Crippen molar-refractivity contribution < 1.29 is 14.4 Å². The van der Waals surface area contributed by atoms with Crippen LogP contribution in [0.25, 0.3) is 0 Å². The first kappa shape index (κ1) is 18.6. The van der Waals surface area contributed by atoms with Crippen molar-refractivity contribution in [3.63, 3.8) is 0 Å². The van der Waals surface area contributed by atoms with Crippen molar-refractivity contribution in [3.05, 3.63) is 89.5 Å². The molecule has 0 fully saturated rings. The molecule has 0 aliphatic carbocycles. The summed E-state index contributed by atoms with van der Waals surface area (Å²) in [6.45, 7) is 0. The van der Waals surface area contributed by atoms with Crippen molar-refractivity contribution in [2.45, 2.75) is 5.92 Å². The normalized spacial score (nSPS) is 10.7. The molecular formula is C22H13N3O3.